The van der Waals surface area contributed by atoms with Gasteiger partial charge < -0.3 is 0 Å². The summed E-state index contributed by atoms with van der Waals surface area (Å²) in [5.41, 5.74) is 1.49. The van der Waals surface area contributed by atoms with E-state index in [1.165, 1.54) is 6.17 Å². The Bertz CT molecular complexity index is 494. The molecule has 2 rings (SSSR count). The minimum absolute atomic E-state index is 0.598. The molecule has 0 atom stereocenters. The lowest BCUT2D eigenvalue weighted by Gasteiger charge is -1.95. The summed E-state index contributed by atoms with van der Waals surface area (Å²) in [6, 6.07) is 9.47. The molecule has 1 aromatic carbocycles. The molecule has 0 aliphatic heterocycles. The largest absolute Gasteiger partial charge is 0.255 e. The van der Waals surface area contributed by atoms with Crippen LogP contribution >= 0.6 is 0 Å². The first-order valence-electron chi connectivity index (χ1n) is 3.86. The highest BCUT2D eigenvalue weighted by Crippen LogP contribution is 2.11. The van der Waals surface area contributed by atoms with Crippen LogP contribution in [0.5, 0.6) is 0 Å². The maximum Gasteiger partial charge on any atom is 0.111 e. The van der Waals surface area contributed by atoms with E-state index >= 15 is 0 Å². The van der Waals surface area contributed by atoms with Gasteiger partial charge in [-0.25, -0.2) is 0 Å². The van der Waals surface area contributed by atoms with Gasteiger partial charge in [0.25, 0.3) is 0 Å². The number of pyridine rings is 1. The number of halogens is 1. The normalized spacial score (nSPS) is 9.31. The maximum atomic E-state index is 11.7. The molecular weight excluding hydrogens is 165 g/mol. The second-order valence-corrected chi connectivity index (χ2v) is 2.64. The van der Waals surface area contributed by atoms with E-state index < -0.39 is 0 Å². The fraction of sp³-hybridized carbons (Fsp3) is 0. The van der Waals surface area contributed by atoms with E-state index in [1.807, 2.05) is 30.3 Å². The molecule has 13 heavy (non-hydrogen) atoms. The first kappa shape index (κ1) is 7.75. The molecule has 2 aromatic rings. The third kappa shape index (κ3) is 1.50. The van der Waals surface area contributed by atoms with Crippen LogP contribution in [0.4, 0.5) is 4.39 Å². The predicted octanol–water partition coefficient (Wildman–Crippen LogP) is 2.51. The summed E-state index contributed by atoms with van der Waals surface area (Å²) >= 11 is 0. The van der Waals surface area contributed by atoms with E-state index in [9.17, 15) is 4.39 Å². The molecule has 1 aromatic heterocycles. The molecule has 0 N–H and O–H groups in total. The number of aromatic nitrogens is 1. The molecule has 0 amide bonds. The molecule has 1 nitrogen and oxygen atoms in total. The minimum Gasteiger partial charge on any atom is -0.255 e. The summed E-state index contributed by atoms with van der Waals surface area (Å²) in [7, 11) is 0. The molecule has 0 aliphatic rings. The smallest absolute Gasteiger partial charge is 0.111 e. The topological polar surface area (TPSA) is 12.9 Å². The zero-order chi connectivity index (χ0) is 9.10. The predicted molar refractivity (Wildman–Crippen MR) is 49.7 cm³/mol. The molecule has 1 heterocycles. The lowest BCUT2D eigenvalue weighted by molar-refractivity contribution is 0.773. The zero-order valence-corrected chi connectivity index (χ0v) is 6.79. The Hall–Kier alpha value is -1.88. The van der Waals surface area contributed by atoms with Crippen LogP contribution in [0.25, 0.3) is 10.9 Å². The molecule has 62 valence electrons. The second-order valence-electron chi connectivity index (χ2n) is 2.64. The van der Waals surface area contributed by atoms with Crippen molar-refractivity contribution in [2.24, 2.45) is 0 Å². The van der Waals surface area contributed by atoms with Gasteiger partial charge in [0, 0.05) is 17.1 Å². The summed E-state index contributed by atoms with van der Waals surface area (Å²) in [6.45, 7) is 0. The van der Waals surface area contributed by atoms with Gasteiger partial charge in [0.05, 0.1) is 5.52 Å². The Morgan fingerprint density at radius 2 is 2.08 bits per heavy atom. The van der Waals surface area contributed by atoms with Crippen molar-refractivity contribution in [1.29, 1.82) is 0 Å². The van der Waals surface area contributed by atoms with Gasteiger partial charge in [-0.05, 0) is 18.1 Å². The van der Waals surface area contributed by atoms with E-state index in [1.54, 1.807) is 6.20 Å². The van der Waals surface area contributed by atoms with E-state index in [4.69, 9.17) is 0 Å². The number of fused-ring (bicyclic) bond motifs is 1. The van der Waals surface area contributed by atoms with Crippen molar-refractivity contribution in [2.75, 3.05) is 0 Å². The maximum absolute atomic E-state index is 11.7. The number of hydrogen-bond donors (Lipinski definition) is 0. The molecule has 0 unspecified atom stereocenters. The van der Waals surface area contributed by atoms with Gasteiger partial charge in [-0.1, -0.05) is 18.2 Å². The van der Waals surface area contributed by atoms with Crippen LogP contribution in [0.2, 0.25) is 0 Å². The number of benzene rings is 1. The summed E-state index contributed by atoms with van der Waals surface area (Å²) in [6.07, 6.45) is 2.92. The Labute approximate surface area is 75.2 Å². The molecular formula is C11H6FN. The van der Waals surface area contributed by atoms with E-state index in [0.717, 1.165) is 10.9 Å². The fourth-order valence-corrected chi connectivity index (χ4v) is 1.19. The molecule has 0 saturated heterocycles. The van der Waals surface area contributed by atoms with Crippen LogP contribution in [-0.4, -0.2) is 4.98 Å². The van der Waals surface area contributed by atoms with E-state index in [0.29, 0.717) is 5.56 Å². The van der Waals surface area contributed by atoms with Crippen molar-refractivity contribution in [1.82, 2.24) is 4.98 Å². The van der Waals surface area contributed by atoms with Crippen molar-refractivity contribution in [2.45, 2.75) is 0 Å². The Balaban J connectivity index is 2.66. The van der Waals surface area contributed by atoms with Crippen molar-refractivity contribution >= 4 is 10.9 Å². The third-order valence-electron chi connectivity index (χ3n) is 1.78. The average Bonchev–Trinajstić information content (AvgIpc) is 2.18. The first-order chi connectivity index (χ1) is 6.40. The minimum atomic E-state index is 0.598. The Morgan fingerprint density at radius 3 is 2.92 bits per heavy atom. The lowest BCUT2D eigenvalue weighted by Crippen LogP contribution is -1.80. The number of rotatable bonds is 0. The highest BCUT2D eigenvalue weighted by atomic mass is 19.1. The lowest BCUT2D eigenvalue weighted by atomic mass is 10.2. The number of para-hydroxylation sites is 1. The van der Waals surface area contributed by atoms with Crippen LogP contribution in [0.1, 0.15) is 5.56 Å². The van der Waals surface area contributed by atoms with Gasteiger partial charge in [0.1, 0.15) is 6.17 Å². The monoisotopic (exact) mass is 171 g/mol. The van der Waals surface area contributed by atoms with Gasteiger partial charge in [-0.3, -0.25) is 4.98 Å². The van der Waals surface area contributed by atoms with Crippen molar-refractivity contribution in [3.63, 3.8) is 0 Å². The van der Waals surface area contributed by atoms with Gasteiger partial charge in [-0.15, -0.1) is 4.39 Å². The third-order valence-corrected chi connectivity index (χ3v) is 1.78. The zero-order valence-electron chi connectivity index (χ0n) is 6.79. The molecule has 0 saturated carbocycles. The van der Waals surface area contributed by atoms with Crippen molar-refractivity contribution in [3.8, 4) is 12.1 Å². The van der Waals surface area contributed by atoms with Gasteiger partial charge in [0.15, 0.2) is 0 Å². The van der Waals surface area contributed by atoms with Crippen LogP contribution in [0, 0.1) is 12.1 Å². The summed E-state index contributed by atoms with van der Waals surface area (Å²) in [5, 5.41) is 0.975. The number of hydrogen-bond acceptors (Lipinski definition) is 1. The second kappa shape index (κ2) is 3.24. The van der Waals surface area contributed by atoms with Gasteiger partial charge in [0.2, 0.25) is 0 Å². The van der Waals surface area contributed by atoms with Gasteiger partial charge >= 0.3 is 0 Å². The van der Waals surface area contributed by atoms with Crippen LogP contribution in [0.3, 0.4) is 0 Å². The molecule has 0 fully saturated rings. The van der Waals surface area contributed by atoms with Crippen LogP contribution in [-0.2, 0) is 0 Å². The summed E-state index contributed by atoms with van der Waals surface area (Å²) < 4.78 is 11.7. The number of nitrogens with zero attached hydrogens (tertiary/aromatic N) is 1. The molecule has 0 spiro atoms. The highest BCUT2D eigenvalue weighted by molar-refractivity contribution is 5.79. The van der Waals surface area contributed by atoms with Crippen molar-refractivity contribution < 1.29 is 4.39 Å². The highest BCUT2D eigenvalue weighted by Gasteiger charge is 1.93. The molecule has 0 radical (unpaired) electrons. The summed E-state index contributed by atoms with van der Waals surface area (Å²) in [5.74, 6) is 2.32. The molecule has 0 aliphatic carbocycles. The average molecular weight is 171 g/mol. The van der Waals surface area contributed by atoms with Crippen molar-refractivity contribution in [3.05, 3.63) is 42.1 Å². The van der Waals surface area contributed by atoms with E-state index in [-0.39, 0.29) is 0 Å². The van der Waals surface area contributed by atoms with Crippen LogP contribution in [0.15, 0.2) is 36.5 Å². The standard InChI is InChI=1S/C11H6FN/c12-6-5-9-7-10-3-1-2-4-11(10)13-8-9/h1-4,7-8H. The molecule has 2 heteroatoms. The molecule has 0 bridgehead atoms. The Kier molecular flexibility index (Phi) is 1.93. The first-order valence-corrected chi connectivity index (χ1v) is 3.86. The summed E-state index contributed by atoms with van der Waals surface area (Å²) in [4.78, 5) is 4.13. The SMILES string of the molecule is FC#Cc1cnc2ccccc2c1. The van der Waals surface area contributed by atoms with E-state index in [2.05, 4.69) is 10.9 Å². The van der Waals surface area contributed by atoms with Gasteiger partial charge in [-0.2, -0.15) is 0 Å². The fourth-order valence-electron chi connectivity index (χ4n) is 1.19. The van der Waals surface area contributed by atoms with Crippen LogP contribution < -0.4 is 0 Å². The Morgan fingerprint density at radius 1 is 1.23 bits per heavy atom. The quantitative estimate of drug-likeness (QED) is 0.555.